The Bertz CT molecular complexity index is 996. The van der Waals surface area contributed by atoms with E-state index in [0.29, 0.717) is 6.07 Å². The van der Waals surface area contributed by atoms with E-state index in [2.05, 4.69) is 5.32 Å². The van der Waals surface area contributed by atoms with E-state index in [9.17, 15) is 18.4 Å². The molecule has 0 aromatic heterocycles. The molecule has 1 heterocycles. The minimum absolute atomic E-state index is 0.0267. The largest absolute Gasteiger partial charge is 0.494 e. The molecule has 32 heavy (non-hydrogen) atoms. The van der Waals surface area contributed by atoms with Gasteiger partial charge in [-0.15, -0.1) is 0 Å². The maximum absolute atomic E-state index is 13.8. The van der Waals surface area contributed by atoms with Gasteiger partial charge in [0.1, 0.15) is 17.7 Å². The second-order valence-corrected chi connectivity index (χ2v) is 8.97. The first kappa shape index (κ1) is 23.9. The molecule has 0 unspecified atom stereocenters. The molecule has 0 spiro atoms. The number of nitrogens with one attached hydrogen (secondary N) is 1. The fraction of sp³-hybridized carbons (Fsp3) is 0.391. The minimum atomic E-state index is -0.978. The summed E-state index contributed by atoms with van der Waals surface area (Å²) in [6.45, 7) is 7.89. The van der Waals surface area contributed by atoms with E-state index < -0.39 is 47.8 Å². The lowest BCUT2D eigenvalue weighted by molar-refractivity contribution is -0.127. The van der Waals surface area contributed by atoms with Gasteiger partial charge in [-0.1, -0.05) is 30.3 Å². The van der Waals surface area contributed by atoms with Crippen molar-refractivity contribution in [2.75, 3.05) is 0 Å². The van der Waals surface area contributed by atoms with Gasteiger partial charge in [0.25, 0.3) is 0 Å². The molecule has 0 radical (unpaired) electrons. The number of rotatable bonds is 7. The molecule has 2 aromatic carbocycles. The fourth-order valence-corrected chi connectivity index (χ4v) is 3.33. The van der Waals surface area contributed by atoms with Gasteiger partial charge in [0, 0.05) is 12.5 Å². The number of halogens is 2. The van der Waals surface area contributed by atoms with Crippen LogP contribution in [0.4, 0.5) is 8.78 Å². The zero-order valence-corrected chi connectivity index (χ0v) is 18.6. The Hall–Kier alpha value is -2.78. The van der Waals surface area contributed by atoms with Crippen LogP contribution in [0.25, 0.3) is 0 Å². The molecule has 1 aliphatic rings. The molecule has 3 N–H and O–H groups in total. The lowest BCUT2D eigenvalue weighted by Gasteiger charge is -2.32. The average molecular weight is 444 g/mol. The predicted octanol–water partition coefficient (Wildman–Crippen LogP) is 2.02. The summed E-state index contributed by atoms with van der Waals surface area (Å²) >= 11 is 0. The van der Waals surface area contributed by atoms with Crippen molar-refractivity contribution in [3.8, 4) is 0 Å². The summed E-state index contributed by atoms with van der Waals surface area (Å²) in [5.41, 5.74) is 6.16. The summed E-state index contributed by atoms with van der Waals surface area (Å²) in [6.07, 6.45) is -0.173. The van der Waals surface area contributed by atoms with Crippen LogP contribution in [-0.2, 0) is 31.7 Å². The van der Waals surface area contributed by atoms with Crippen molar-refractivity contribution in [2.24, 2.45) is 5.73 Å². The first-order valence-corrected chi connectivity index (χ1v) is 10.3. The zero-order chi connectivity index (χ0) is 23.7. The maximum Gasteiger partial charge on any atom is 0.494 e. The molecule has 0 saturated carbocycles. The smallest absolute Gasteiger partial charge is 0.399 e. The van der Waals surface area contributed by atoms with E-state index in [4.69, 9.17) is 15.0 Å². The summed E-state index contributed by atoms with van der Waals surface area (Å²) in [6, 6.07) is 9.28. The molecule has 1 aliphatic heterocycles. The van der Waals surface area contributed by atoms with Crippen molar-refractivity contribution in [1.29, 1.82) is 0 Å². The lowest BCUT2D eigenvalue weighted by atomic mass is 9.78. The Balaban J connectivity index is 1.63. The molecule has 1 saturated heterocycles. The van der Waals surface area contributed by atoms with E-state index in [-0.39, 0.29) is 18.4 Å². The number of primary amides is 1. The number of benzene rings is 2. The van der Waals surface area contributed by atoms with E-state index in [1.165, 1.54) is 6.07 Å². The quantitative estimate of drug-likeness (QED) is 0.640. The standard InChI is InChI=1S/C23H27BF2N2O4/c1-22(2)23(3,4)32-24(31-22)16-8-5-14(6-9-16)11-19(21(27)30)28-20(29)12-15-7-10-17(25)13-18(15)26/h5-10,13,19H,11-12H2,1-4H3,(H2,27,30)(H,28,29)/t19-/m1/s1. The third kappa shape index (κ3) is 5.34. The molecule has 3 rings (SSSR count). The normalized spacial score (nSPS) is 17.8. The van der Waals surface area contributed by atoms with Crippen molar-refractivity contribution < 1.29 is 27.7 Å². The lowest BCUT2D eigenvalue weighted by Crippen LogP contribution is -2.46. The summed E-state index contributed by atoms with van der Waals surface area (Å²) < 4.78 is 38.9. The highest BCUT2D eigenvalue weighted by atomic mass is 19.1. The Labute approximate surface area is 186 Å². The van der Waals surface area contributed by atoms with Crippen molar-refractivity contribution in [3.63, 3.8) is 0 Å². The molecule has 1 fully saturated rings. The number of nitrogens with two attached hydrogens (primary N) is 1. The van der Waals surface area contributed by atoms with Gasteiger partial charge in [-0.25, -0.2) is 8.78 Å². The van der Waals surface area contributed by atoms with Crippen LogP contribution in [0.3, 0.4) is 0 Å². The van der Waals surface area contributed by atoms with E-state index >= 15 is 0 Å². The number of amides is 2. The SMILES string of the molecule is CC1(C)OB(c2ccc(C[C@@H](NC(=O)Cc3ccc(F)cc3F)C(N)=O)cc2)OC1(C)C. The van der Waals surface area contributed by atoms with Gasteiger partial charge in [0.05, 0.1) is 17.6 Å². The Kier molecular flexibility index (Phi) is 6.71. The minimum Gasteiger partial charge on any atom is -0.399 e. The maximum atomic E-state index is 13.8. The number of carbonyl (C=O) groups is 2. The third-order valence-electron chi connectivity index (χ3n) is 5.99. The average Bonchev–Trinajstić information content (AvgIpc) is 2.91. The van der Waals surface area contributed by atoms with Crippen LogP contribution >= 0.6 is 0 Å². The summed E-state index contributed by atoms with van der Waals surface area (Å²) in [5, 5.41) is 2.52. The van der Waals surface area contributed by atoms with Gasteiger partial charge in [-0.3, -0.25) is 9.59 Å². The first-order valence-electron chi connectivity index (χ1n) is 10.3. The zero-order valence-electron chi connectivity index (χ0n) is 18.6. The highest BCUT2D eigenvalue weighted by Gasteiger charge is 2.51. The van der Waals surface area contributed by atoms with E-state index in [0.717, 1.165) is 17.1 Å². The molecular formula is C23H27BF2N2O4. The first-order chi connectivity index (χ1) is 14.9. The van der Waals surface area contributed by atoms with Gasteiger partial charge < -0.3 is 20.4 Å². The second kappa shape index (κ2) is 9.00. The van der Waals surface area contributed by atoms with Crippen molar-refractivity contribution in [1.82, 2.24) is 5.32 Å². The predicted molar refractivity (Wildman–Crippen MR) is 117 cm³/mol. The molecule has 1 atom stereocenters. The van der Waals surface area contributed by atoms with Gasteiger partial charge in [-0.2, -0.15) is 0 Å². The van der Waals surface area contributed by atoms with Gasteiger partial charge in [0.2, 0.25) is 11.8 Å². The van der Waals surface area contributed by atoms with E-state index in [1.807, 2.05) is 52.0 Å². The van der Waals surface area contributed by atoms with Crippen LogP contribution in [0.2, 0.25) is 0 Å². The summed E-state index contributed by atoms with van der Waals surface area (Å²) in [7, 11) is -0.508. The number of hydrogen-bond acceptors (Lipinski definition) is 4. The fourth-order valence-electron chi connectivity index (χ4n) is 3.33. The van der Waals surface area contributed by atoms with Crippen LogP contribution in [0.5, 0.6) is 0 Å². The van der Waals surface area contributed by atoms with Crippen LogP contribution in [-0.4, -0.2) is 36.2 Å². The second-order valence-electron chi connectivity index (χ2n) is 8.97. The van der Waals surface area contributed by atoms with E-state index in [1.54, 1.807) is 0 Å². The van der Waals surface area contributed by atoms with Gasteiger partial charge in [-0.05, 0) is 50.4 Å². The summed E-state index contributed by atoms with van der Waals surface area (Å²) in [5.74, 6) is -2.86. The number of carbonyl (C=O) groups excluding carboxylic acids is 2. The molecule has 2 aromatic rings. The molecule has 0 aliphatic carbocycles. The molecule has 6 nitrogen and oxygen atoms in total. The van der Waals surface area contributed by atoms with Crippen molar-refractivity contribution in [2.45, 2.75) is 57.8 Å². The highest BCUT2D eigenvalue weighted by molar-refractivity contribution is 6.62. The molecule has 9 heteroatoms. The molecular weight excluding hydrogens is 417 g/mol. The topological polar surface area (TPSA) is 90.6 Å². The van der Waals surface area contributed by atoms with Crippen LogP contribution in [0, 0.1) is 11.6 Å². The highest BCUT2D eigenvalue weighted by Crippen LogP contribution is 2.36. The van der Waals surface area contributed by atoms with Gasteiger partial charge >= 0.3 is 7.12 Å². The molecule has 0 bridgehead atoms. The Morgan fingerprint density at radius 2 is 1.62 bits per heavy atom. The number of hydrogen-bond donors (Lipinski definition) is 2. The van der Waals surface area contributed by atoms with Crippen molar-refractivity contribution >= 4 is 24.4 Å². The monoisotopic (exact) mass is 444 g/mol. The van der Waals surface area contributed by atoms with Crippen LogP contribution in [0.1, 0.15) is 38.8 Å². The summed E-state index contributed by atoms with van der Waals surface area (Å²) in [4.78, 5) is 24.2. The molecule has 2 amide bonds. The van der Waals surface area contributed by atoms with Gasteiger partial charge in [0.15, 0.2) is 0 Å². The Morgan fingerprint density at radius 3 is 2.16 bits per heavy atom. The molecule has 170 valence electrons. The third-order valence-corrected chi connectivity index (χ3v) is 5.99. The van der Waals surface area contributed by atoms with Crippen LogP contribution < -0.4 is 16.5 Å². The van der Waals surface area contributed by atoms with Crippen molar-refractivity contribution in [3.05, 3.63) is 65.2 Å². The van der Waals surface area contributed by atoms with Crippen LogP contribution in [0.15, 0.2) is 42.5 Å². The Morgan fingerprint density at radius 1 is 1.03 bits per heavy atom.